The molecule has 0 saturated carbocycles. The molecule has 5 heteroatoms. The summed E-state index contributed by atoms with van der Waals surface area (Å²) in [5.41, 5.74) is -0.199. The second-order valence-corrected chi connectivity index (χ2v) is 3.99. The van der Waals surface area contributed by atoms with Crippen LogP contribution in [0.1, 0.15) is 4.88 Å². The predicted octanol–water partition coefficient (Wildman–Crippen LogP) is 1.01. The zero-order chi connectivity index (χ0) is 10.1. The van der Waals surface area contributed by atoms with Gasteiger partial charge in [0.25, 0.3) is 5.56 Å². The van der Waals surface area contributed by atoms with Gasteiger partial charge in [0, 0.05) is 4.88 Å². The van der Waals surface area contributed by atoms with Crippen LogP contribution < -0.4 is 11.2 Å². The summed E-state index contributed by atoms with van der Waals surface area (Å²) in [6.45, 7) is 3.61. The predicted molar refractivity (Wildman–Crippen MR) is 57.0 cm³/mol. The standard InChI is InChI=1S/C9H8N2O2S/c1-2-3-5-4-6-7(14-5)8(12)11-9(13)10-6/h2,4H,1,3H2,(H2,10,11,12,13). The van der Waals surface area contributed by atoms with Crippen LogP contribution in [0.4, 0.5) is 0 Å². The van der Waals surface area contributed by atoms with Crippen molar-refractivity contribution in [1.29, 1.82) is 0 Å². The summed E-state index contributed by atoms with van der Waals surface area (Å²) in [5.74, 6) is 0. The van der Waals surface area contributed by atoms with Gasteiger partial charge in [-0.25, -0.2) is 4.79 Å². The third-order valence-electron chi connectivity index (χ3n) is 1.81. The van der Waals surface area contributed by atoms with Gasteiger partial charge in [0.15, 0.2) is 0 Å². The van der Waals surface area contributed by atoms with Crippen molar-refractivity contribution >= 4 is 21.6 Å². The van der Waals surface area contributed by atoms with E-state index in [1.807, 2.05) is 0 Å². The zero-order valence-electron chi connectivity index (χ0n) is 7.29. The first-order valence-corrected chi connectivity index (χ1v) is 4.88. The monoisotopic (exact) mass is 208 g/mol. The number of hydrogen-bond donors (Lipinski definition) is 2. The maximum absolute atomic E-state index is 11.3. The molecular formula is C9H8N2O2S. The average Bonchev–Trinajstić information content (AvgIpc) is 2.48. The number of nitrogens with one attached hydrogen (secondary N) is 2. The largest absolute Gasteiger partial charge is 0.326 e. The molecule has 0 fully saturated rings. The van der Waals surface area contributed by atoms with Crippen LogP contribution >= 0.6 is 11.3 Å². The molecule has 0 aliphatic carbocycles. The molecule has 0 spiro atoms. The number of thiophene rings is 1. The first kappa shape index (κ1) is 8.96. The Morgan fingerprint density at radius 1 is 1.43 bits per heavy atom. The van der Waals surface area contributed by atoms with Crippen LogP contribution in [-0.2, 0) is 6.42 Å². The molecule has 14 heavy (non-hydrogen) atoms. The van der Waals surface area contributed by atoms with E-state index in [1.165, 1.54) is 11.3 Å². The van der Waals surface area contributed by atoms with Crippen LogP contribution in [0, 0.1) is 0 Å². The van der Waals surface area contributed by atoms with E-state index in [9.17, 15) is 9.59 Å². The van der Waals surface area contributed by atoms with E-state index in [0.29, 0.717) is 16.6 Å². The van der Waals surface area contributed by atoms with E-state index in [0.717, 1.165) is 4.88 Å². The van der Waals surface area contributed by atoms with Crippen molar-refractivity contribution in [2.24, 2.45) is 0 Å². The maximum Gasteiger partial charge on any atom is 0.326 e. The molecule has 0 atom stereocenters. The van der Waals surface area contributed by atoms with Crippen molar-refractivity contribution in [3.8, 4) is 0 Å². The maximum atomic E-state index is 11.3. The lowest BCUT2D eigenvalue weighted by atomic mass is 10.3. The highest BCUT2D eigenvalue weighted by atomic mass is 32.1. The fraction of sp³-hybridized carbons (Fsp3) is 0.111. The minimum absolute atomic E-state index is 0.330. The van der Waals surface area contributed by atoms with Gasteiger partial charge in [-0.15, -0.1) is 17.9 Å². The van der Waals surface area contributed by atoms with Gasteiger partial charge in [0.05, 0.1) is 5.52 Å². The highest BCUT2D eigenvalue weighted by molar-refractivity contribution is 7.18. The number of allylic oxidation sites excluding steroid dienone is 1. The average molecular weight is 208 g/mol. The van der Waals surface area contributed by atoms with Crippen LogP contribution in [0.15, 0.2) is 28.3 Å². The number of hydrogen-bond acceptors (Lipinski definition) is 3. The van der Waals surface area contributed by atoms with Gasteiger partial charge >= 0.3 is 5.69 Å². The van der Waals surface area contributed by atoms with Crippen LogP contribution in [-0.4, -0.2) is 9.97 Å². The Labute approximate surface area is 82.9 Å². The van der Waals surface area contributed by atoms with Crippen LogP contribution in [0.25, 0.3) is 10.2 Å². The van der Waals surface area contributed by atoms with Gasteiger partial charge in [0.2, 0.25) is 0 Å². The summed E-state index contributed by atoms with van der Waals surface area (Å²) in [7, 11) is 0. The zero-order valence-corrected chi connectivity index (χ0v) is 8.11. The second kappa shape index (κ2) is 3.26. The quantitative estimate of drug-likeness (QED) is 0.723. The smallest absolute Gasteiger partial charge is 0.306 e. The molecule has 0 bridgehead atoms. The first-order chi connectivity index (χ1) is 6.70. The highest BCUT2D eigenvalue weighted by Gasteiger charge is 2.05. The molecule has 2 aromatic rings. The molecule has 2 aromatic heterocycles. The minimum Gasteiger partial charge on any atom is -0.306 e. The fourth-order valence-electron chi connectivity index (χ4n) is 1.26. The Kier molecular flexibility index (Phi) is 2.09. The number of fused-ring (bicyclic) bond motifs is 1. The minimum atomic E-state index is -0.467. The Morgan fingerprint density at radius 3 is 2.93 bits per heavy atom. The van der Waals surface area contributed by atoms with Crippen molar-refractivity contribution < 1.29 is 0 Å². The molecule has 0 saturated heterocycles. The summed E-state index contributed by atoms with van der Waals surface area (Å²) >= 11 is 1.37. The van der Waals surface area contributed by atoms with Crippen LogP contribution in [0.3, 0.4) is 0 Å². The van der Waals surface area contributed by atoms with Gasteiger partial charge in [-0.05, 0) is 12.5 Å². The summed E-state index contributed by atoms with van der Waals surface area (Å²) in [4.78, 5) is 28.0. The van der Waals surface area contributed by atoms with Gasteiger partial charge in [0.1, 0.15) is 4.70 Å². The summed E-state index contributed by atoms with van der Waals surface area (Å²) in [6, 6.07) is 1.80. The van der Waals surface area contributed by atoms with E-state index < -0.39 is 5.69 Å². The van der Waals surface area contributed by atoms with Gasteiger partial charge < -0.3 is 4.98 Å². The van der Waals surface area contributed by atoms with E-state index in [-0.39, 0.29) is 5.56 Å². The topological polar surface area (TPSA) is 65.7 Å². The normalized spacial score (nSPS) is 10.6. The molecular weight excluding hydrogens is 200 g/mol. The molecule has 4 nitrogen and oxygen atoms in total. The molecule has 0 unspecified atom stereocenters. The molecule has 2 rings (SSSR count). The lowest BCUT2D eigenvalue weighted by Gasteiger charge is -1.84. The Balaban J connectivity index is 2.76. The van der Waals surface area contributed by atoms with E-state index in [4.69, 9.17) is 0 Å². The number of aromatic amines is 2. The molecule has 72 valence electrons. The Bertz CT molecular complexity index is 591. The van der Waals surface area contributed by atoms with E-state index in [2.05, 4.69) is 16.5 Å². The SMILES string of the molecule is C=CCc1cc2[nH]c(=O)[nH]c(=O)c2s1. The number of rotatable bonds is 2. The Hall–Kier alpha value is -1.62. The number of H-pyrrole nitrogens is 2. The molecule has 0 radical (unpaired) electrons. The Morgan fingerprint density at radius 2 is 2.21 bits per heavy atom. The van der Waals surface area contributed by atoms with Crippen molar-refractivity contribution in [1.82, 2.24) is 9.97 Å². The molecule has 0 aromatic carbocycles. The van der Waals surface area contributed by atoms with E-state index >= 15 is 0 Å². The number of aromatic nitrogens is 2. The molecule has 2 heterocycles. The third kappa shape index (κ3) is 1.42. The highest BCUT2D eigenvalue weighted by Crippen LogP contribution is 2.20. The molecule has 0 aliphatic heterocycles. The third-order valence-corrected chi connectivity index (χ3v) is 2.97. The molecule has 0 amide bonds. The van der Waals surface area contributed by atoms with Gasteiger partial charge in [-0.2, -0.15) is 0 Å². The van der Waals surface area contributed by atoms with Crippen LogP contribution in [0.2, 0.25) is 0 Å². The molecule has 2 N–H and O–H groups in total. The van der Waals surface area contributed by atoms with Crippen molar-refractivity contribution in [2.75, 3.05) is 0 Å². The van der Waals surface area contributed by atoms with Crippen molar-refractivity contribution in [3.63, 3.8) is 0 Å². The summed E-state index contributed by atoms with van der Waals surface area (Å²) in [6.07, 6.45) is 2.47. The molecule has 0 aliphatic rings. The van der Waals surface area contributed by atoms with Gasteiger partial charge in [-0.1, -0.05) is 6.08 Å². The van der Waals surface area contributed by atoms with Crippen molar-refractivity contribution in [3.05, 3.63) is 44.4 Å². The second-order valence-electron chi connectivity index (χ2n) is 2.86. The summed E-state index contributed by atoms with van der Waals surface area (Å²) in [5, 5.41) is 0. The fourth-order valence-corrected chi connectivity index (χ4v) is 2.26. The van der Waals surface area contributed by atoms with E-state index in [1.54, 1.807) is 12.1 Å². The lowest BCUT2D eigenvalue weighted by molar-refractivity contribution is 1.09. The van der Waals surface area contributed by atoms with Gasteiger partial charge in [-0.3, -0.25) is 9.78 Å². The van der Waals surface area contributed by atoms with Crippen molar-refractivity contribution in [2.45, 2.75) is 6.42 Å². The summed E-state index contributed by atoms with van der Waals surface area (Å²) < 4.78 is 0.557. The van der Waals surface area contributed by atoms with Crippen LogP contribution in [0.5, 0.6) is 0 Å². The first-order valence-electron chi connectivity index (χ1n) is 4.06. The lowest BCUT2D eigenvalue weighted by Crippen LogP contribution is -2.20.